The highest BCUT2D eigenvalue weighted by molar-refractivity contribution is 5.81. The van der Waals surface area contributed by atoms with Crippen LogP contribution in [0.15, 0.2) is 18.2 Å². The summed E-state index contributed by atoms with van der Waals surface area (Å²) in [5, 5.41) is 6.38. The van der Waals surface area contributed by atoms with Gasteiger partial charge in [0.1, 0.15) is 0 Å². The fourth-order valence-electron chi connectivity index (χ4n) is 2.87. The Hall–Kier alpha value is -1.35. The van der Waals surface area contributed by atoms with E-state index in [2.05, 4.69) is 49.6 Å². The van der Waals surface area contributed by atoms with Crippen molar-refractivity contribution < 1.29 is 4.79 Å². The molecule has 1 aliphatic rings. The standard InChI is InChI=1S/C18H28N2O/c1-12(2)11-19-18(21)14(4)20-13(3)16-9-8-15-6-5-7-17(15)10-16/h8-10,12-14,20H,5-7,11H2,1-4H3,(H,19,21). The van der Waals surface area contributed by atoms with E-state index in [4.69, 9.17) is 0 Å². The van der Waals surface area contributed by atoms with Gasteiger partial charge in [0.2, 0.25) is 5.91 Å². The number of rotatable bonds is 6. The van der Waals surface area contributed by atoms with E-state index in [9.17, 15) is 4.79 Å². The minimum Gasteiger partial charge on any atom is -0.354 e. The molecule has 0 saturated carbocycles. The summed E-state index contributed by atoms with van der Waals surface area (Å²) in [7, 11) is 0. The van der Waals surface area contributed by atoms with Crippen LogP contribution in [-0.2, 0) is 17.6 Å². The van der Waals surface area contributed by atoms with E-state index in [1.54, 1.807) is 0 Å². The molecular formula is C18H28N2O. The molecule has 0 radical (unpaired) electrons. The Kier molecular flexibility index (Phi) is 5.40. The van der Waals surface area contributed by atoms with E-state index < -0.39 is 0 Å². The molecule has 3 heteroatoms. The Morgan fingerprint density at radius 1 is 1.14 bits per heavy atom. The highest BCUT2D eigenvalue weighted by Gasteiger charge is 2.18. The molecule has 1 amide bonds. The Balaban J connectivity index is 1.91. The molecule has 0 aliphatic heterocycles. The third-order valence-corrected chi connectivity index (χ3v) is 4.20. The molecular weight excluding hydrogens is 260 g/mol. The van der Waals surface area contributed by atoms with Gasteiger partial charge in [-0.05, 0) is 55.7 Å². The van der Waals surface area contributed by atoms with Crippen LogP contribution in [0.2, 0.25) is 0 Å². The van der Waals surface area contributed by atoms with Crippen LogP contribution in [0.1, 0.15) is 56.8 Å². The van der Waals surface area contributed by atoms with Crippen LogP contribution in [0, 0.1) is 5.92 Å². The number of hydrogen-bond donors (Lipinski definition) is 2. The number of nitrogens with one attached hydrogen (secondary N) is 2. The number of aryl methyl sites for hydroxylation is 2. The molecule has 1 aromatic carbocycles. The molecule has 0 fully saturated rings. The minimum absolute atomic E-state index is 0.0803. The zero-order valence-electron chi connectivity index (χ0n) is 13.7. The molecule has 2 N–H and O–H groups in total. The molecule has 2 rings (SSSR count). The van der Waals surface area contributed by atoms with Crippen LogP contribution in [-0.4, -0.2) is 18.5 Å². The highest BCUT2D eigenvalue weighted by Crippen LogP contribution is 2.25. The van der Waals surface area contributed by atoms with Crippen LogP contribution < -0.4 is 10.6 Å². The first-order valence-corrected chi connectivity index (χ1v) is 8.13. The van der Waals surface area contributed by atoms with Crippen molar-refractivity contribution in [1.82, 2.24) is 10.6 Å². The fraction of sp³-hybridized carbons (Fsp3) is 0.611. The van der Waals surface area contributed by atoms with Crippen LogP contribution in [0.25, 0.3) is 0 Å². The second-order valence-electron chi connectivity index (χ2n) is 6.63. The molecule has 1 aromatic rings. The third-order valence-electron chi connectivity index (χ3n) is 4.20. The van der Waals surface area contributed by atoms with Crippen molar-refractivity contribution in [2.45, 2.75) is 59.0 Å². The summed E-state index contributed by atoms with van der Waals surface area (Å²) < 4.78 is 0. The lowest BCUT2D eigenvalue weighted by molar-refractivity contribution is -0.123. The largest absolute Gasteiger partial charge is 0.354 e. The second-order valence-corrected chi connectivity index (χ2v) is 6.63. The first kappa shape index (κ1) is 16.0. The average molecular weight is 288 g/mol. The van der Waals surface area contributed by atoms with E-state index in [0.29, 0.717) is 5.92 Å². The lowest BCUT2D eigenvalue weighted by atomic mass is 10.0. The summed E-state index contributed by atoms with van der Waals surface area (Å²) in [6, 6.07) is 6.77. The van der Waals surface area contributed by atoms with Gasteiger partial charge < -0.3 is 5.32 Å². The molecule has 0 aromatic heterocycles. The Labute approximate surface area is 128 Å². The molecule has 0 saturated heterocycles. The SMILES string of the molecule is CC(C)CNC(=O)C(C)NC(C)c1ccc2c(c1)CCC2. The maximum atomic E-state index is 12.0. The number of benzene rings is 1. The topological polar surface area (TPSA) is 41.1 Å². The molecule has 116 valence electrons. The van der Waals surface area contributed by atoms with Crippen molar-refractivity contribution in [2.75, 3.05) is 6.54 Å². The fourth-order valence-corrected chi connectivity index (χ4v) is 2.87. The minimum atomic E-state index is -0.174. The molecule has 3 nitrogen and oxygen atoms in total. The zero-order chi connectivity index (χ0) is 15.4. The number of hydrogen-bond acceptors (Lipinski definition) is 2. The van der Waals surface area contributed by atoms with E-state index >= 15 is 0 Å². The lowest BCUT2D eigenvalue weighted by Crippen LogP contribution is -2.44. The van der Waals surface area contributed by atoms with Crippen LogP contribution >= 0.6 is 0 Å². The van der Waals surface area contributed by atoms with Gasteiger partial charge in [-0.2, -0.15) is 0 Å². The van der Waals surface area contributed by atoms with Crippen molar-refractivity contribution in [1.29, 1.82) is 0 Å². The molecule has 2 unspecified atom stereocenters. The van der Waals surface area contributed by atoms with Gasteiger partial charge >= 0.3 is 0 Å². The van der Waals surface area contributed by atoms with Crippen LogP contribution in [0.4, 0.5) is 0 Å². The van der Waals surface area contributed by atoms with Gasteiger partial charge in [-0.3, -0.25) is 10.1 Å². The normalized spacial score (nSPS) is 16.6. The number of amides is 1. The summed E-state index contributed by atoms with van der Waals surface area (Å²) in [6.07, 6.45) is 3.68. The van der Waals surface area contributed by atoms with E-state index in [-0.39, 0.29) is 18.0 Å². The van der Waals surface area contributed by atoms with Gasteiger partial charge in [-0.15, -0.1) is 0 Å². The van der Waals surface area contributed by atoms with Crippen molar-refractivity contribution in [3.8, 4) is 0 Å². The summed E-state index contributed by atoms with van der Waals surface area (Å²) in [5.41, 5.74) is 4.26. The summed E-state index contributed by atoms with van der Waals surface area (Å²) in [6.45, 7) is 9.00. The summed E-state index contributed by atoms with van der Waals surface area (Å²) in [5.74, 6) is 0.562. The number of carbonyl (C=O) groups is 1. The number of carbonyl (C=O) groups excluding carboxylic acids is 1. The quantitative estimate of drug-likeness (QED) is 0.845. The molecule has 0 heterocycles. The van der Waals surface area contributed by atoms with Crippen molar-refractivity contribution in [3.63, 3.8) is 0 Å². The van der Waals surface area contributed by atoms with E-state index in [1.165, 1.54) is 36.0 Å². The summed E-state index contributed by atoms with van der Waals surface area (Å²) >= 11 is 0. The summed E-state index contributed by atoms with van der Waals surface area (Å²) in [4.78, 5) is 12.0. The van der Waals surface area contributed by atoms with Crippen molar-refractivity contribution >= 4 is 5.91 Å². The lowest BCUT2D eigenvalue weighted by Gasteiger charge is -2.21. The molecule has 21 heavy (non-hydrogen) atoms. The molecule has 0 spiro atoms. The predicted molar refractivity (Wildman–Crippen MR) is 87.3 cm³/mol. The van der Waals surface area contributed by atoms with Gasteiger partial charge in [0, 0.05) is 12.6 Å². The monoisotopic (exact) mass is 288 g/mol. The van der Waals surface area contributed by atoms with Crippen molar-refractivity contribution in [3.05, 3.63) is 34.9 Å². The second kappa shape index (κ2) is 7.08. The Morgan fingerprint density at radius 2 is 1.86 bits per heavy atom. The smallest absolute Gasteiger partial charge is 0.236 e. The molecule has 2 atom stereocenters. The van der Waals surface area contributed by atoms with Crippen LogP contribution in [0.5, 0.6) is 0 Å². The molecule has 1 aliphatic carbocycles. The zero-order valence-corrected chi connectivity index (χ0v) is 13.7. The maximum absolute atomic E-state index is 12.0. The predicted octanol–water partition coefficient (Wildman–Crippen LogP) is 2.99. The Bertz CT molecular complexity index is 496. The van der Waals surface area contributed by atoms with Crippen LogP contribution in [0.3, 0.4) is 0 Å². The highest BCUT2D eigenvalue weighted by atomic mass is 16.2. The van der Waals surface area contributed by atoms with E-state index in [1.807, 2.05) is 6.92 Å². The third kappa shape index (κ3) is 4.31. The Morgan fingerprint density at radius 3 is 2.57 bits per heavy atom. The number of fused-ring (bicyclic) bond motifs is 1. The van der Waals surface area contributed by atoms with Gasteiger partial charge in [-0.1, -0.05) is 32.0 Å². The van der Waals surface area contributed by atoms with Crippen molar-refractivity contribution in [2.24, 2.45) is 5.92 Å². The van der Waals surface area contributed by atoms with E-state index in [0.717, 1.165) is 6.54 Å². The molecule has 0 bridgehead atoms. The average Bonchev–Trinajstić information content (AvgIpc) is 2.91. The van der Waals surface area contributed by atoms with Gasteiger partial charge in [0.25, 0.3) is 0 Å². The first-order chi connectivity index (χ1) is 9.97. The van der Waals surface area contributed by atoms with Gasteiger partial charge in [0.15, 0.2) is 0 Å². The van der Waals surface area contributed by atoms with Gasteiger partial charge in [-0.25, -0.2) is 0 Å². The first-order valence-electron chi connectivity index (χ1n) is 8.13. The van der Waals surface area contributed by atoms with Gasteiger partial charge in [0.05, 0.1) is 6.04 Å². The maximum Gasteiger partial charge on any atom is 0.236 e.